The summed E-state index contributed by atoms with van der Waals surface area (Å²) in [5.41, 5.74) is 1.97. The topological polar surface area (TPSA) is 41.0 Å². The van der Waals surface area contributed by atoms with E-state index < -0.39 is 0 Å². The average molecular weight is 292 g/mol. The van der Waals surface area contributed by atoms with Crippen LogP contribution in [0.2, 0.25) is 0 Å². The molecule has 0 bridgehead atoms. The third-order valence-electron chi connectivity index (χ3n) is 4.05. The van der Waals surface area contributed by atoms with Gasteiger partial charge in [0, 0.05) is 18.2 Å². The second-order valence-corrected chi connectivity index (χ2v) is 5.52. The number of benzene rings is 1. The number of rotatable bonds is 5. The molecule has 4 heteroatoms. The Morgan fingerprint density at radius 3 is 2.77 bits per heavy atom. The number of terminal acetylenes is 1. The molecule has 1 N–H and O–H groups in total. The highest BCUT2D eigenvalue weighted by atomic mass is 15.2. The molecule has 1 atom stereocenters. The molecular weight excluding hydrogens is 272 g/mol. The number of hydrogen-bond acceptors (Lipinski definition) is 4. The summed E-state index contributed by atoms with van der Waals surface area (Å²) in [4.78, 5) is 2.35. The maximum absolute atomic E-state index is 5.42. The summed E-state index contributed by atoms with van der Waals surface area (Å²) >= 11 is 0. The molecule has 1 aromatic heterocycles. The number of nitrogens with one attached hydrogen (secondary N) is 1. The Labute approximate surface area is 131 Å². The Hall–Kier alpha value is -2.38. The van der Waals surface area contributed by atoms with Crippen molar-refractivity contribution in [1.82, 2.24) is 15.1 Å². The minimum atomic E-state index is 0.492. The van der Waals surface area contributed by atoms with Gasteiger partial charge < -0.3 is 5.32 Å². The second-order valence-electron chi connectivity index (χ2n) is 5.52. The monoisotopic (exact) mass is 292 g/mol. The minimum absolute atomic E-state index is 0.492. The quantitative estimate of drug-likeness (QED) is 0.860. The standard InChI is InChI=1S/C18H20N4/c1-2-12-22-13-6-9-16(22)14-19-18-11-10-17(20-21-18)15-7-4-3-5-8-15/h1,3-5,7-8,10-11,16H,6,9,12-14H2,(H,19,21). The van der Waals surface area contributed by atoms with Gasteiger partial charge in [0.1, 0.15) is 5.82 Å². The normalized spacial score (nSPS) is 18.0. The van der Waals surface area contributed by atoms with E-state index in [-0.39, 0.29) is 0 Å². The predicted octanol–water partition coefficient (Wildman–Crippen LogP) is 2.65. The Morgan fingerprint density at radius 2 is 2.05 bits per heavy atom. The van der Waals surface area contributed by atoms with Crippen LogP contribution in [0.1, 0.15) is 12.8 Å². The van der Waals surface area contributed by atoms with Crippen molar-refractivity contribution in [3.8, 4) is 23.6 Å². The van der Waals surface area contributed by atoms with Crippen molar-refractivity contribution in [2.45, 2.75) is 18.9 Å². The predicted molar refractivity (Wildman–Crippen MR) is 89.4 cm³/mol. The van der Waals surface area contributed by atoms with Gasteiger partial charge in [-0.05, 0) is 31.5 Å². The molecule has 1 saturated heterocycles. The van der Waals surface area contributed by atoms with Crippen molar-refractivity contribution in [3.63, 3.8) is 0 Å². The first-order chi connectivity index (χ1) is 10.9. The molecule has 2 heterocycles. The molecule has 2 aromatic rings. The van der Waals surface area contributed by atoms with Gasteiger partial charge in [-0.3, -0.25) is 4.90 Å². The first kappa shape index (κ1) is 14.6. The van der Waals surface area contributed by atoms with Crippen LogP contribution in [0.4, 0.5) is 5.82 Å². The average Bonchev–Trinajstić information content (AvgIpc) is 3.02. The van der Waals surface area contributed by atoms with Gasteiger partial charge in [-0.25, -0.2) is 0 Å². The van der Waals surface area contributed by atoms with Crippen molar-refractivity contribution in [2.24, 2.45) is 0 Å². The van der Waals surface area contributed by atoms with E-state index in [1.165, 1.54) is 12.8 Å². The number of anilines is 1. The fourth-order valence-electron chi connectivity index (χ4n) is 2.86. The van der Waals surface area contributed by atoms with Gasteiger partial charge in [-0.2, -0.15) is 0 Å². The molecule has 22 heavy (non-hydrogen) atoms. The fraction of sp³-hybridized carbons (Fsp3) is 0.333. The van der Waals surface area contributed by atoms with E-state index >= 15 is 0 Å². The molecule has 1 fully saturated rings. The van der Waals surface area contributed by atoms with Crippen LogP contribution in [0.5, 0.6) is 0 Å². The number of hydrogen-bond donors (Lipinski definition) is 1. The molecule has 1 aliphatic heterocycles. The van der Waals surface area contributed by atoms with Gasteiger partial charge in [0.05, 0.1) is 12.2 Å². The summed E-state index contributed by atoms with van der Waals surface area (Å²) in [5, 5.41) is 11.9. The lowest BCUT2D eigenvalue weighted by Gasteiger charge is -2.22. The van der Waals surface area contributed by atoms with E-state index in [1.54, 1.807) is 0 Å². The Bertz CT molecular complexity index is 630. The fourth-order valence-corrected chi connectivity index (χ4v) is 2.86. The Morgan fingerprint density at radius 1 is 1.18 bits per heavy atom. The lowest BCUT2D eigenvalue weighted by atomic mass is 10.1. The molecule has 0 spiro atoms. The molecule has 0 saturated carbocycles. The van der Waals surface area contributed by atoms with Crippen molar-refractivity contribution >= 4 is 5.82 Å². The molecular formula is C18H20N4. The van der Waals surface area contributed by atoms with Gasteiger partial charge in [-0.15, -0.1) is 16.6 Å². The maximum Gasteiger partial charge on any atom is 0.148 e. The van der Waals surface area contributed by atoms with Crippen LogP contribution < -0.4 is 5.32 Å². The maximum atomic E-state index is 5.42. The van der Waals surface area contributed by atoms with Crippen molar-refractivity contribution in [2.75, 3.05) is 25.0 Å². The van der Waals surface area contributed by atoms with Gasteiger partial charge in [-0.1, -0.05) is 36.3 Å². The molecule has 0 amide bonds. The van der Waals surface area contributed by atoms with Crippen LogP contribution in [0.15, 0.2) is 42.5 Å². The first-order valence-corrected chi connectivity index (χ1v) is 7.67. The van der Waals surface area contributed by atoms with Crippen LogP contribution >= 0.6 is 0 Å². The lowest BCUT2D eigenvalue weighted by Crippen LogP contribution is -2.35. The SMILES string of the molecule is C#CCN1CCCC1CNc1ccc(-c2ccccc2)nn1. The molecule has 3 rings (SSSR count). The zero-order valence-electron chi connectivity index (χ0n) is 12.6. The zero-order chi connectivity index (χ0) is 15.2. The highest BCUT2D eigenvalue weighted by molar-refractivity contribution is 5.59. The molecule has 112 valence electrons. The highest BCUT2D eigenvalue weighted by Crippen LogP contribution is 2.18. The van der Waals surface area contributed by atoms with Crippen molar-refractivity contribution in [1.29, 1.82) is 0 Å². The van der Waals surface area contributed by atoms with E-state index in [0.717, 1.165) is 36.7 Å². The largest absolute Gasteiger partial charge is 0.367 e. The summed E-state index contributed by atoms with van der Waals surface area (Å²) in [6.45, 7) is 2.68. The van der Waals surface area contributed by atoms with E-state index in [2.05, 4.69) is 26.3 Å². The molecule has 1 aromatic carbocycles. The zero-order valence-corrected chi connectivity index (χ0v) is 12.6. The second kappa shape index (κ2) is 7.06. The van der Waals surface area contributed by atoms with Crippen LogP contribution in [0.3, 0.4) is 0 Å². The summed E-state index contributed by atoms with van der Waals surface area (Å²) in [7, 11) is 0. The first-order valence-electron chi connectivity index (χ1n) is 7.67. The Balaban J connectivity index is 1.59. The Kier molecular flexibility index (Phi) is 4.67. The number of aromatic nitrogens is 2. The molecule has 1 aliphatic rings. The van der Waals surface area contributed by atoms with Crippen LogP contribution in [0, 0.1) is 12.3 Å². The molecule has 4 nitrogen and oxygen atoms in total. The summed E-state index contributed by atoms with van der Waals surface area (Å²) in [6, 6.07) is 14.5. The van der Waals surface area contributed by atoms with Crippen molar-refractivity contribution < 1.29 is 0 Å². The lowest BCUT2D eigenvalue weighted by molar-refractivity contribution is 0.295. The molecule has 1 unspecified atom stereocenters. The van der Waals surface area contributed by atoms with Crippen LogP contribution in [0.25, 0.3) is 11.3 Å². The number of nitrogens with zero attached hydrogens (tertiary/aromatic N) is 3. The summed E-state index contributed by atoms with van der Waals surface area (Å²) in [5.74, 6) is 3.55. The third kappa shape index (κ3) is 3.44. The van der Waals surface area contributed by atoms with Gasteiger partial charge in [0.25, 0.3) is 0 Å². The molecule has 0 radical (unpaired) electrons. The van der Waals surface area contributed by atoms with Gasteiger partial charge in [0.15, 0.2) is 0 Å². The van der Waals surface area contributed by atoms with Gasteiger partial charge in [0.2, 0.25) is 0 Å². The van der Waals surface area contributed by atoms with E-state index in [0.29, 0.717) is 6.04 Å². The van der Waals surface area contributed by atoms with Crippen LogP contribution in [-0.2, 0) is 0 Å². The van der Waals surface area contributed by atoms with Gasteiger partial charge >= 0.3 is 0 Å². The van der Waals surface area contributed by atoms with E-state index in [1.807, 2.05) is 42.5 Å². The van der Waals surface area contributed by atoms with E-state index in [4.69, 9.17) is 6.42 Å². The summed E-state index contributed by atoms with van der Waals surface area (Å²) in [6.07, 6.45) is 7.81. The van der Waals surface area contributed by atoms with Crippen LogP contribution in [-0.4, -0.2) is 40.8 Å². The minimum Gasteiger partial charge on any atom is -0.367 e. The highest BCUT2D eigenvalue weighted by Gasteiger charge is 2.23. The van der Waals surface area contributed by atoms with E-state index in [9.17, 15) is 0 Å². The molecule has 0 aliphatic carbocycles. The summed E-state index contributed by atoms with van der Waals surface area (Å²) < 4.78 is 0. The number of likely N-dealkylation sites (tertiary alicyclic amines) is 1. The van der Waals surface area contributed by atoms with Crippen molar-refractivity contribution in [3.05, 3.63) is 42.5 Å². The third-order valence-corrected chi connectivity index (χ3v) is 4.05. The smallest absolute Gasteiger partial charge is 0.148 e.